The van der Waals surface area contributed by atoms with Crippen LogP contribution in [0, 0.1) is 6.92 Å². The maximum Gasteiger partial charge on any atom is 0.231 e. The van der Waals surface area contributed by atoms with E-state index in [-0.39, 0.29) is 18.7 Å². The van der Waals surface area contributed by atoms with Gasteiger partial charge in [0.2, 0.25) is 12.7 Å². The van der Waals surface area contributed by atoms with Crippen molar-refractivity contribution in [2.75, 3.05) is 21.0 Å². The van der Waals surface area contributed by atoms with E-state index < -0.39 is 0 Å². The maximum atomic E-state index is 12.4. The number of ether oxygens (including phenoxy) is 4. The van der Waals surface area contributed by atoms with Gasteiger partial charge in [0, 0.05) is 6.42 Å². The van der Waals surface area contributed by atoms with Crippen LogP contribution in [0.4, 0.5) is 0 Å². The molecule has 6 nitrogen and oxygen atoms in total. The Hall–Kier alpha value is -2.89. The highest BCUT2D eigenvalue weighted by Crippen LogP contribution is 2.34. The van der Waals surface area contributed by atoms with Gasteiger partial charge in [-0.1, -0.05) is 6.07 Å². The zero-order valence-electron chi connectivity index (χ0n) is 16.1. The number of aryl methyl sites for hydroxylation is 2. The quantitative estimate of drug-likeness (QED) is 0.806. The highest BCUT2D eigenvalue weighted by atomic mass is 16.7. The van der Waals surface area contributed by atoms with Gasteiger partial charge < -0.3 is 24.3 Å². The Morgan fingerprint density at radius 1 is 1.11 bits per heavy atom. The number of fused-ring (bicyclic) bond motifs is 1. The molecule has 1 aliphatic heterocycles. The van der Waals surface area contributed by atoms with Crippen LogP contribution in [0.2, 0.25) is 0 Å². The fourth-order valence-corrected chi connectivity index (χ4v) is 3.21. The minimum Gasteiger partial charge on any atom is -0.493 e. The SMILES string of the molecule is COc1cc(C)c(C(C)NC(=O)CCc2ccc3c(c2)OCO3)cc1OC. The largest absolute Gasteiger partial charge is 0.493 e. The first kappa shape index (κ1) is 18.9. The molecule has 1 N–H and O–H groups in total. The second-order valence-electron chi connectivity index (χ2n) is 6.54. The van der Waals surface area contributed by atoms with E-state index in [1.807, 2.05) is 44.2 Å². The van der Waals surface area contributed by atoms with Crippen molar-refractivity contribution >= 4 is 5.91 Å². The first-order valence-corrected chi connectivity index (χ1v) is 8.92. The molecule has 27 heavy (non-hydrogen) atoms. The molecule has 6 heteroatoms. The molecule has 144 valence electrons. The minimum absolute atomic E-state index is 0.00523. The summed E-state index contributed by atoms with van der Waals surface area (Å²) in [5.41, 5.74) is 3.09. The highest BCUT2D eigenvalue weighted by molar-refractivity contribution is 5.76. The topological polar surface area (TPSA) is 66.0 Å². The molecular weight excluding hydrogens is 346 g/mol. The summed E-state index contributed by atoms with van der Waals surface area (Å²) < 4.78 is 21.4. The van der Waals surface area contributed by atoms with Gasteiger partial charge in [-0.15, -0.1) is 0 Å². The maximum absolute atomic E-state index is 12.4. The summed E-state index contributed by atoms with van der Waals surface area (Å²) in [5, 5.41) is 3.06. The monoisotopic (exact) mass is 371 g/mol. The molecule has 0 bridgehead atoms. The summed E-state index contributed by atoms with van der Waals surface area (Å²) in [6.45, 7) is 4.21. The van der Waals surface area contributed by atoms with Crippen molar-refractivity contribution in [2.24, 2.45) is 0 Å². The van der Waals surface area contributed by atoms with E-state index in [2.05, 4.69) is 5.32 Å². The summed E-state index contributed by atoms with van der Waals surface area (Å²) in [7, 11) is 3.21. The zero-order chi connectivity index (χ0) is 19.4. The summed E-state index contributed by atoms with van der Waals surface area (Å²) in [4.78, 5) is 12.4. The van der Waals surface area contributed by atoms with Crippen molar-refractivity contribution < 1.29 is 23.7 Å². The summed E-state index contributed by atoms with van der Waals surface area (Å²) in [6, 6.07) is 9.47. The molecule has 0 saturated carbocycles. The molecular formula is C21H25NO5. The average molecular weight is 371 g/mol. The number of hydrogen-bond donors (Lipinski definition) is 1. The summed E-state index contributed by atoms with van der Waals surface area (Å²) in [6.07, 6.45) is 1.04. The fraction of sp³-hybridized carbons (Fsp3) is 0.381. The summed E-state index contributed by atoms with van der Waals surface area (Å²) >= 11 is 0. The van der Waals surface area contributed by atoms with Gasteiger partial charge in [0.05, 0.1) is 20.3 Å². The average Bonchev–Trinajstić information content (AvgIpc) is 3.13. The van der Waals surface area contributed by atoms with Gasteiger partial charge in [-0.25, -0.2) is 0 Å². The van der Waals surface area contributed by atoms with Gasteiger partial charge in [-0.05, 0) is 61.2 Å². The van der Waals surface area contributed by atoms with Crippen molar-refractivity contribution in [1.82, 2.24) is 5.32 Å². The van der Waals surface area contributed by atoms with Crippen LogP contribution in [0.1, 0.15) is 36.1 Å². The third-order valence-electron chi connectivity index (χ3n) is 4.69. The van der Waals surface area contributed by atoms with Crippen LogP contribution in [0.3, 0.4) is 0 Å². The van der Waals surface area contributed by atoms with Crippen LogP contribution >= 0.6 is 0 Å². The molecule has 0 aliphatic carbocycles. The molecule has 1 heterocycles. The molecule has 0 aromatic heterocycles. The third kappa shape index (κ3) is 4.27. The van der Waals surface area contributed by atoms with Crippen molar-refractivity contribution in [3.8, 4) is 23.0 Å². The predicted octanol–water partition coefficient (Wildman–Crippen LogP) is 3.55. The van der Waals surface area contributed by atoms with E-state index in [0.29, 0.717) is 24.3 Å². The van der Waals surface area contributed by atoms with E-state index in [1.165, 1.54) is 0 Å². The normalized spacial score (nSPS) is 13.2. The first-order valence-electron chi connectivity index (χ1n) is 8.92. The number of hydrogen-bond acceptors (Lipinski definition) is 5. The van der Waals surface area contributed by atoms with Gasteiger partial charge in [-0.2, -0.15) is 0 Å². The van der Waals surface area contributed by atoms with Crippen molar-refractivity contribution in [2.45, 2.75) is 32.7 Å². The molecule has 1 aliphatic rings. The number of benzene rings is 2. The Kier molecular flexibility index (Phi) is 5.74. The Bertz CT molecular complexity index is 834. The van der Waals surface area contributed by atoms with Crippen molar-refractivity contribution in [3.05, 3.63) is 47.0 Å². The van der Waals surface area contributed by atoms with Crippen molar-refractivity contribution in [1.29, 1.82) is 0 Å². The molecule has 3 rings (SSSR count). The smallest absolute Gasteiger partial charge is 0.231 e. The minimum atomic E-state index is -0.130. The third-order valence-corrected chi connectivity index (χ3v) is 4.69. The second kappa shape index (κ2) is 8.20. The number of rotatable bonds is 7. The number of nitrogens with one attached hydrogen (secondary N) is 1. The van der Waals surface area contributed by atoms with Crippen LogP contribution in [0.5, 0.6) is 23.0 Å². The first-order chi connectivity index (χ1) is 13.0. The molecule has 1 amide bonds. The van der Waals surface area contributed by atoms with E-state index in [0.717, 1.165) is 28.2 Å². The molecule has 0 spiro atoms. The Balaban J connectivity index is 1.60. The molecule has 0 saturated heterocycles. The van der Waals surface area contributed by atoms with Gasteiger partial charge in [0.25, 0.3) is 0 Å². The second-order valence-corrected chi connectivity index (χ2v) is 6.54. The van der Waals surface area contributed by atoms with Gasteiger partial charge >= 0.3 is 0 Å². The van der Waals surface area contributed by atoms with Crippen LogP contribution in [-0.4, -0.2) is 26.9 Å². The lowest BCUT2D eigenvalue weighted by Crippen LogP contribution is -2.27. The standard InChI is InChI=1S/C21H25NO5/c1-13-9-18(24-3)19(25-4)11-16(13)14(2)22-21(23)8-6-15-5-7-17-20(10-15)27-12-26-17/h5,7,9-11,14H,6,8,12H2,1-4H3,(H,22,23). The highest BCUT2D eigenvalue weighted by Gasteiger charge is 2.17. The summed E-state index contributed by atoms with van der Waals surface area (Å²) in [5.74, 6) is 2.82. The molecule has 0 fully saturated rings. The molecule has 0 radical (unpaired) electrons. The Morgan fingerprint density at radius 3 is 2.56 bits per heavy atom. The Labute approximate surface area is 159 Å². The predicted molar refractivity (Wildman–Crippen MR) is 102 cm³/mol. The number of amides is 1. The van der Waals surface area contributed by atoms with Gasteiger partial charge in [-0.3, -0.25) is 4.79 Å². The van der Waals surface area contributed by atoms with Crippen LogP contribution in [0.25, 0.3) is 0 Å². The van der Waals surface area contributed by atoms with Crippen LogP contribution in [0.15, 0.2) is 30.3 Å². The molecule has 1 atom stereocenters. The van der Waals surface area contributed by atoms with E-state index in [1.54, 1.807) is 14.2 Å². The number of methoxy groups -OCH3 is 2. The lowest BCUT2D eigenvalue weighted by atomic mass is 10.0. The lowest BCUT2D eigenvalue weighted by Gasteiger charge is -2.19. The van der Waals surface area contributed by atoms with Gasteiger partial charge in [0.1, 0.15) is 0 Å². The van der Waals surface area contributed by atoms with Crippen LogP contribution in [-0.2, 0) is 11.2 Å². The zero-order valence-corrected chi connectivity index (χ0v) is 16.1. The van der Waals surface area contributed by atoms with E-state index >= 15 is 0 Å². The fourth-order valence-electron chi connectivity index (χ4n) is 3.21. The van der Waals surface area contributed by atoms with Gasteiger partial charge in [0.15, 0.2) is 23.0 Å². The number of carbonyl (C=O) groups is 1. The molecule has 1 unspecified atom stereocenters. The molecule has 2 aromatic carbocycles. The Morgan fingerprint density at radius 2 is 1.81 bits per heavy atom. The number of carbonyl (C=O) groups excluding carboxylic acids is 1. The van der Waals surface area contributed by atoms with E-state index in [9.17, 15) is 4.79 Å². The van der Waals surface area contributed by atoms with E-state index in [4.69, 9.17) is 18.9 Å². The van der Waals surface area contributed by atoms with Crippen LogP contribution < -0.4 is 24.3 Å². The lowest BCUT2D eigenvalue weighted by molar-refractivity contribution is -0.121. The van der Waals surface area contributed by atoms with Crippen molar-refractivity contribution in [3.63, 3.8) is 0 Å². The molecule has 2 aromatic rings.